The summed E-state index contributed by atoms with van der Waals surface area (Å²) in [5, 5.41) is 5.09. The van der Waals surface area contributed by atoms with Crippen LogP contribution >= 0.6 is 23.4 Å². The topological polar surface area (TPSA) is 72.2 Å². The molecule has 5 aromatic rings. The second kappa shape index (κ2) is 8.57. The molecule has 0 amide bonds. The van der Waals surface area contributed by atoms with E-state index in [0.29, 0.717) is 38.8 Å². The minimum atomic E-state index is -0.305. The van der Waals surface area contributed by atoms with Crippen LogP contribution in [0, 0.1) is 5.82 Å². The molecule has 0 unspecified atom stereocenters. The Morgan fingerprint density at radius 1 is 1.00 bits per heavy atom. The van der Waals surface area contributed by atoms with Gasteiger partial charge in [-0.05, 0) is 48.5 Å². The molecular weight excluding hydrogens is 449 g/mol. The molecule has 0 aliphatic rings. The van der Waals surface area contributed by atoms with Crippen molar-refractivity contribution in [1.82, 2.24) is 19.4 Å². The summed E-state index contributed by atoms with van der Waals surface area (Å²) in [6, 6.07) is 18.6. The van der Waals surface area contributed by atoms with Gasteiger partial charge in [0.2, 0.25) is 0 Å². The maximum absolute atomic E-state index is 13.3. The molecule has 0 fully saturated rings. The van der Waals surface area contributed by atoms with E-state index in [4.69, 9.17) is 11.6 Å². The van der Waals surface area contributed by atoms with E-state index < -0.39 is 0 Å². The van der Waals surface area contributed by atoms with Crippen molar-refractivity contribution >= 4 is 51.4 Å². The molecule has 6 nitrogen and oxygen atoms in total. The Morgan fingerprint density at radius 2 is 1.81 bits per heavy atom. The first-order valence-electron chi connectivity index (χ1n) is 9.65. The van der Waals surface area contributed by atoms with Crippen molar-refractivity contribution in [3.63, 3.8) is 0 Å². The van der Waals surface area contributed by atoms with Crippen LogP contribution in [-0.2, 0) is 5.75 Å². The van der Waals surface area contributed by atoms with Crippen molar-refractivity contribution in [1.29, 1.82) is 0 Å². The summed E-state index contributed by atoms with van der Waals surface area (Å²) in [6.07, 6.45) is 1.54. The van der Waals surface area contributed by atoms with Crippen LogP contribution in [0.4, 0.5) is 15.9 Å². The zero-order valence-corrected chi connectivity index (χ0v) is 18.1. The lowest BCUT2D eigenvalue weighted by atomic mass is 10.2. The van der Waals surface area contributed by atoms with Crippen LogP contribution in [-0.4, -0.2) is 19.4 Å². The molecule has 0 aliphatic carbocycles. The molecule has 0 atom stereocenters. The zero-order chi connectivity index (χ0) is 22.1. The number of rotatable bonds is 5. The Kier molecular flexibility index (Phi) is 5.46. The lowest BCUT2D eigenvalue weighted by Gasteiger charge is -2.11. The van der Waals surface area contributed by atoms with Gasteiger partial charge >= 0.3 is 0 Å². The number of anilines is 2. The van der Waals surface area contributed by atoms with Crippen LogP contribution in [0.2, 0.25) is 5.02 Å². The van der Waals surface area contributed by atoms with Crippen molar-refractivity contribution in [3.8, 4) is 0 Å². The Morgan fingerprint density at radius 3 is 2.66 bits per heavy atom. The van der Waals surface area contributed by atoms with E-state index in [1.807, 2.05) is 24.3 Å². The number of aromatic nitrogens is 4. The van der Waals surface area contributed by atoms with Crippen molar-refractivity contribution in [3.05, 3.63) is 99.8 Å². The van der Waals surface area contributed by atoms with E-state index in [9.17, 15) is 9.18 Å². The highest BCUT2D eigenvalue weighted by Gasteiger charge is 2.10. The number of hydrogen-bond donors (Lipinski definition) is 1. The van der Waals surface area contributed by atoms with Crippen molar-refractivity contribution in [2.24, 2.45) is 0 Å². The van der Waals surface area contributed by atoms with Crippen LogP contribution in [0.5, 0.6) is 0 Å². The summed E-state index contributed by atoms with van der Waals surface area (Å²) in [7, 11) is 0. The molecule has 3 aromatic heterocycles. The van der Waals surface area contributed by atoms with Gasteiger partial charge in [0.05, 0.1) is 16.2 Å². The first-order valence-corrected chi connectivity index (χ1v) is 11.0. The average molecular weight is 464 g/mol. The van der Waals surface area contributed by atoms with E-state index in [2.05, 4.69) is 20.3 Å². The van der Waals surface area contributed by atoms with Gasteiger partial charge in [0.25, 0.3) is 5.56 Å². The number of fused-ring (bicyclic) bond motifs is 2. The van der Waals surface area contributed by atoms with Gasteiger partial charge in [-0.1, -0.05) is 35.5 Å². The summed E-state index contributed by atoms with van der Waals surface area (Å²) in [6.45, 7) is 0. The van der Waals surface area contributed by atoms with Crippen LogP contribution < -0.4 is 10.9 Å². The van der Waals surface area contributed by atoms with E-state index in [0.717, 1.165) is 10.9 Å². The standard InChI is InChI=1S/C23H15ClFN5OS/c24-14-5-10-20-26-17(11-21(31)30(20)12-14)13-32-23-28-19-4-2-1-3-18(19)22(29-23)27-16-8-6-15(25)7-9-16/h1-12H,13H2,(H,27,28,29). The third-order valence-corrected chi connectivity index (χ3v) is 5.82. The third kappa shape index (κ3) is 4.28. The van der Waals surface area contributed by atoms with Crippen molar-refractivity contribution in [2.75, 3.05) is 5.32 Å². The normalized spacial score (nSPS) is 11.2. The number of halogens is 2. The van der Waals surface area contributed by atoms with E-state index in [1.165, 1.54) is 34.4 Å². The van der Waals surface area contributed by atoms with Gasteiger partial charge < -0.3 is 5.32 Å². The summed E-state index contributed by atoms with van der Waals surface area (Å²) in [4.78, 5) is 26.2. The van der Waals surface area contributed by atoms with Gasteiger partial charge in [-0.15, -0.1) is 0 Å². The van der Waals surface area contributed by atoms with Gasteiger partial charge in [0.1, 0.15) is 17.3 Å². The number of pyridine rings is 1. The highest BCUT2D eigenvalue weighted by molar-refractivity contribution is 7.98. The summed E-state index contributed by atoms with van der Waals surface area (Å²) in [5.41, 5.74) is 2.43. The Labute approximate surface area is 191 Å². The molecule has 32 heavy (non-hydrogen) atoms. The molecule has 0 saturated heterocycles. The fourth-order valence-electron chi connectivity index (χ4n) is 3.22. The van der Waals surface area contributed by atoms with Crippen molar-refractivity contribution < 1.29 is 4.39 Å². The van der Waals surface area contributed by atoms with Crippen LogP contribution in [0.25, 0.3) is 16.6 Å². The maximum atomic E-state index is 13.3. The van der Waals surface area contributed by atoms with Gasteiger partial charge in [-0.3, -0.25) is 9.20 Å². The lowest BCUT2D eigenvalue weighted by molar-refractivity contribution is 0.628. The van der Waals surface area contributed by atoms with Crippen LogP contribution in [0.15, 0.2) is 82.9 Å². The van der Waals surface area contributed by atoms with E-state index in [-0.39, 0.29) is 11.4 Å². The quantitative estimate of drug-likeness (QED) is 0.275. The van der Waals surface area contributed by atoms with Gasteiger partial charge in [-0.2, -0.15) is 0 Å². The maximum Gasteiger partial charge on any atom is 0.258 e. The number of para-hydroxylation sites is 1. The smallest absolute Gasteiger partial charge is 0.258 e. The zero-order valence-electron chi connectivity index (χ0n) is 16.5. The molecule has 0 bridgehead atoms. The highest BCUT2D eigenvalue weighted by atomic mass is 35.5. The molecule has 0 radical (unpaired) electrons. The molecule has 0 spiro atoms. The fourth-order valence-corrected chi connectivity index (χ4v) is 4.13. The minimum absolute atomic E-state index is 0.203. The van der Waals surface area contributed by atoms with Gasteiger partial charge in [0, 0.05) is 29.1 Å². The molecule has 158 valence electrons. The third-order valence-electron chi connectivity index (χ3n) is 4.72. The fraction of sp³-hybridized carbons (Fsp3) is 0.0435. The Bertz CT molecular complexity index is 1510. The number of benzene rings is 2. The average Bonchev–Trinajstić information content (AvgIpc) is 2.80. The minimum Gasteiger partial charge on any atom is -0.340 e. The summed E-state index contributed by atoms with van der Waals surface area (Å²) < 4.78 is 14.7. The number of thioether (sulfide) groups is 1. The largest absolute Gasteiger partial charge is 0.340 e. The predicted octanol–water partition coefficient (Wildman–Crippen LogP) is 5.47. The molecule has 1 N–H and O–H groups in total. The first-order chi connectivity index (χ1) is 15.5. The number of nitrogens with one attached hydrogen (secondary N) is 1. The Hall–Kier alpha value is -3.49. The second-order valence-electron chi connectivity index (χ2n) is 6.95. The van der Waals surface area contributed by atoms with Crippen LogP contribution in [0.1, 0.15) is 5.69 Å². The summed E-state index contributed by atoms with van der Waals surface area (Å²) >= 11 is 7.34. The molecule has 0 aliphatic heterocycles. The van der Waals surface area contributed by atoms with Crippen LogP contribution in [0.3, 0.4) is 0 Å². The second-order valence-corrected chi connectivity index (χ2v) is 8.33. The molecule has 9 heteroatoms. The highest BCUT2D eigenvalue weighted by Crippen LogP contribution is 2.28. The Balaban J connectivity index is 1.45. The summed E-state index contributed by atoms with van der Waals surface area (Å²) in [5.74, 6) is 0.731. The number of hydrogen-bond acceptors (Lipinski definition) is 6. The van der Waals surface area contributed by atoms with E-state index >= 15 is 0 Å². The van der Waals surface area contributed by atoms with Crippen molar-refractivity contribution in [2.45, 2.75) is 10.9 Å². The monoisotopic (exact) mass is 463 g/mol. The molecular formula is C23H15ClFN5OS. The van der Waals surface area contributed by atoms with Gasteiger partial charge in [0.15, 0.2) is 5.16 Å². The van der Waals surface area contributed by atoms with E-state index in [1.54, 1.807) is 30.5 Å². The molecule has 0 saturated carbocycles. The SMILES string of the molecule is O=c1cc(CSc2nc(Nc3ccc(F)cc3)c3ccccc3n2)nc2ccc(Cl)cn12. The molecule has 2 aromatic carbocycles. The lowest BCUT2D eigenvalue weighted by Crippen LogP contribution is -2.15. The number of nitrogens with zero attached hydrogens (tertiary/aromatic N) is 4. The predicted molar refractivity (Wildman–Crippen MR) is 125 cm³/mol. The molecule has 5 rings (SSSR count). The first kappa shape index (κ1) is 20.4. The molecule has 3 heterocycles. The van der Waals surface area contributed by atoms with Gasteiger partial charge in [-0.25, -0.2) is 19.3 Å².